The number of benzene rings is 2. The Morgan fingerprint density at radius 3 is 2.20 bits per heavy atom. The van der Waals surface area contributed by atoms with E-state index in [1.807, 2.05) is 0 Å². The monoisotopic (exact) mass is 452 g/mol. The lowest BCUT2D eigenvalue weighted by Crippen LogP contribution is -2.05. The van der Waals surface area contributed by atoms with E-state index >= 15 is 0 Å². The molecule has 0 saturated carbocycles. The van der Waals surface area contributed by atoms with E-state index in [4.69, 9.17) is 28.9 Å². The number of aromatic nitrogens is 4. The van der Waals surface area contributed by atoms with Crippen LogP contribution in [0.1, 0.15) is 11.4 Å². The van der Waals surface area contributed by atoms with E-state index in [2.05, 4.69) is 20.3 Å². The summed E-state index contributed by atoms with van der Waals surface area (Å²) in [6.45, 7) is 1.67. The molecule has 6 nitrogen and oxygen atoms in total. The van der Waals surface area contributed by atoms with Crippen molar-refractivity contribution in [1.82, 2.24) is 19.5 Å². The fraction of sp³-hybridized carbons (Fsp3) is 0.105. The van der Waals surface area contributed by atoms with Gasteiger partial charge in [0.15, 0.2) is 17.0 Å². The number of nitrogens with two attached hydrogens (primary N) is 1. The van der Waals surface area contributed by atoms with Crippen LogP contribution in [-0.4, -0.2) is 19.5 Å². The summed E-state index contributed by atoms with van der Waals surface area (Å²) in [4.78, 5) is 13.0. The summed E-state index contributed by atoms with van der Waals surface area (Å²) in [5, 5.41) is 3.67. The van der Waals surface area contributed by atoms with Crippen molar-refractivity contribution >= 4 is 51.8 Å². The molecule has 0 spiro atoms. The van der Waals surface area contributed by atoms with E-state index in [0.29, 0.717) is 38.4 Å². The minimum atomic E-state index is -4.42. The molecule has 0 fully saturated rings. The van der Waals surface area contributed by atoms with Crippen molar-refractivity contribution < 1.29 is 13.2 Å². The SMILES string of the molecule is Cc1nc(Nc2ccc(C(F)(F)F)cc2)c2nc(N)n(-c3c(Cl)cccc3Cl)c2n1. The molecule has 2 aromatic carbocycles. The second kappa shape index (κ2) is 7.33. The van der Waals surface area contributed by atoms with Crippen LogP contribution in [0.25, 0.3) is 16.9 Å². The van der Waals surface area contributed by atoms with Crippen LogP contribution in [0.4, 0.5) is 30.6 Å². The summed E-state index contributed by atoms with van der Waals surface area (Å²) in [5.74, 6) is 0.752. The Morgan fingerprint density at radius 2 is 1.60 bits per heavy atom. The number of nitrogens with zero attached hydrogens (tertiary/aromatic N) is 4. The molecular formula is C19H13Cl2F3N6. The third-order valence-electron chi connectivity index (χ3n) is 4.28. The molecule has 0 radical (unpaired) electrons. The maximum Gasteiger partial charge on any atom is 0.416 e. The zero-order valence-corrected chi connectivity index (χ0v) is 16.8. The van der Waals surface area contributed by atoms with Crippen LogP contribution >= 0.6 is 23.2 Å². The number of halogens is 5. The van der Waals surface area contributed by atoms with Gasteiger partial charge in [-0.1, -0.05) is 29.3 Å². The molecule has 0 atom stereocenters. The Bertz CT molecular complexity index is 1230. The number of alkyl halides is 3. The molecule has 0 aliphatic heterocycles. The summed E-state index contributed by atoms with van der Waals surface area (Å²) < 4.78 is 39.9. The second-order valence-corrected chi connectivity index (χ2v) is 7.18. The van der Waals surface area contributed by atoms with Crippen LogP contribution < -0.4 is 11.1 Å². The minimum Gasteiger partial charge on any atom is -0.369 e. The van der Waals surface area contributed by atoms with E-state index < -0.39 is 11.7 Å². The third-order valence-corrected chi connectivity index (χ3v) is 4.89. The van der Waals surface area contributed by atoms with Crippen molar-refractivity contribution in [3.05, 3.63) is 63.9 Å². The van der Waals surface area contributed by atoms with Crippen molar-refractivity contribution in [2.75, 3.05) is 11.1 Å². The number of fused-ring (bicyclic) bond motifs is 1. The van der Waals surface area contributed by atoms with Crippen molar-refractivity contribution in [2.45, 2.75) is 13.1 Å². The van der Waals surface area contributed by atoms with Crippen molar-refractivity contribution in [3.8, 4) is 5.69 Å². The number of nitrogens with one attached hydrogen (secondary N) is 1. The van der Waals surface area contributed by atoms with Crippen molar-refractivity contribution in [2.24, 2.45) is 0 Å². The number of hydrogen-bond acceptors (Lipinski definition) is 5. The molecule has 0 amide bonds. The highest BCUT2D eigenvalue weighted by atomic mass is 35.5. The highest BCUT2D eigenvalue weighted by Crippen LogP contribution is 2.35. The van der Waals surface area contributed by atoms with Crippen LogP contribution in [0.5, 0.6) is 0 Å². The van der Waals surface area contributed by atoms with Gasteiger partial charge in [-0.3, -0.25) is 4.57 Å². The Kier molecular flexibility index (Phi) is 4.95. The normalized spacial score (nSPS) is 11.8. The number of rotatable bonds is 3. The molecule has 2 heterocycles. The Balaban J connectivity index is 1.83. The van der Waals surface area contributed by atoms with Gasteiger partial charge in [-0.25, -0.2) is 15.0 Å². The maximum absolute atomic E-state index is 12.8. The van der Waals surface area contributed by atoms with Gasteiger partial charge >= 0.3 is 6.18 Å². The van der Waals surface area contributed by atoms with Crippen LogP contribution in [-0.2, 0) is 6.18 Å². The number of anilines is 3. The van der Waals surface area contributed by atoms with Crippen LogP contribution in [0, 0.1) is 6.92 Å². The van der Waals surface area contributed by atoms with E-state index in [1.165, 1.54) is 16.7 Å². The molecule has 11 heteroatoms. The molecule has 4 rings (SSSR count). The van der Waals surface area contributed by atoms with Gasteiger partial charge in [0.2, 0.25) is 5.95 Å². The van der Waals surface area contributed by atoms with E-state index in [-0.39, 0.29) is 11.8 Å². The predicted octanol–water partition coefficient (Wildman–Crippen LogP) is 5.78. The average Bonchev–Trinajstić information content (AvgIpc) is 2.98. The first-order valence-corrected chi connectivity index (χ1v) is 9.32. The molecule has 154 valence electrons. The number of aryl methyl sites for hydroxylation is 1. The number of nitrogen functional groups attached to an aromatic ring is 1. The van der Waals surface area contributed by atoms with Gasteiger partial charge in [0.25, 0.3) is 0 Å². The standard InChI is InChI=1S/C19H13Cl2F3N6/c1-9-26-16(28-11-7-5-10(6-8-11)19(22,23)24)14-17(27-9)30(18(25)29-14)15-12(20)3-2-4-13(15)21/h2-8H,1H3,(H2,25,29)(H,26,27,28). The van der Waals surface area contributed by atoms with Gasteiger partial charge in [0.1, 0.15) is 5.82 Å². The topological polar surface area (TPSA) is 81.6 Å². The van der Waals surface area contributed by atoms with Crippen LogP contribution in [0.15, 0.2) is 42.5 Å². The number of hydrogen-bond donors (Lipinski definition) is 2. The quantitative estimate of drug-likeness (QED) is 0.411. The zero-order chi connectivity index (χ0) is 21.6. The largest absolute Gasteiger partial charge is 0.416 e. The van der Waals surface area contributed by atoms with E-state index in [0.717, 1.165) is 12.1 Å². The second-order valence-electron chi connectivity index (χ2n) is 6.37. The minimum absolute atomic E-state index is 0.0790. The molecule has 0 bridgehead atoms. The Morgan fingerprint density at radius 1 is 0.967 bits per heavy atom. The predicted molar refractivity (Wildman–Crippen MR) is 111 cm³/mol. The average molecular weight is 453 g/mol. The highest BCUT2D eigenvalue weighted by molar-refractivity contribution is 6.38. The molecule has 0 aliphatic carbocycles. The molecule has 0 saturated heterocycles. The highest BCUT2D eigenvalue weighted by Gasteiger charge is 2.30. The summed E-state index contributed by atoms with van der Waals surface area (Å²) in [5.41, 5.74) is 6.84. The third kappa shape index (κ3) is 3.61. The Hall–Kier alpha value is -3.04. The lowest BCUT2D eigenvalue weighted by Gasteiger charge is -2.12. The van der Waals surface area contributed by atoms with Crippen molar-refractivity contribution in [3.63, 3.8) is 0 Å². The van der Waals surface area contributed by atoms with Crippen molar-refractivity contribution in [1.29, 1.82) is 0 Å². The summed E-state index contributed by atoms with van der Waals surface area (Å²) in [7, 11) is 0. The van der Waals surface area contributed by atoms with Crippen LogP contribution in [0.3, 0.4) is 0 Å². The van der Waals surface area contributed by atoms with Gasteiger partial charge in [-0.2, -0.15) is 13.2 Å². The lowest BCUT2D eigenvalue weighted by molar-refractivity contribution is -0.137. The molecule has 3 N–H and O–H groups in total. The molecule has 4 aromatic rings. The summed E-state index contributed by atoms with van der Waals surface area (Å²) in [6, 6.07) is 9.57. The first-order chi connectivity index (χ1) is 14.1. The molecular weight excluding hydrogens is 440 g/mol. The Labute approximate surface area is 178 Å². The fourth-order valence-corrected chi connectivity index (χ4v) is 3.54. The van der Waals surface area contributed by atoms with Crippen LogP contribution in [0.2, 0.25) is 10.0 Å². The molecule has 0 aliphatic rings. The number of imidazole rings is 1. The number of para-hydroxylation sites is 1. The lowest BCUT2D eigenvalue weighted by atomic mass is 10.2. The van der Waals surface area contributed by atoms with Gasteiger partial charge in [0.05, 0.1) is 21.3 Å². The van der Waals surface area contributed by atoms with Gasteiger partial charge in [-0.15, -0.1) is 0 Å². The first-order valence-electron chi connectivity index (χ1n) is 8.56. The van der Waals surface area contributed by atoms with Gasteiger partial charge in [-0.05, 0) is 43.3 Å². The van der Waals surface area contributed by atoms with E-state index in [1.54, 1.807) is 25.1 Å². The zero-order valence-electron chi connectivity index (χ0n) is 15.3. The van der Waals surface area contributed by atoms with E-state index in [9.17, 15) is 13.2 Å². The maximum atomic E-state index is 12.8. The van der Waals surface area contributed by atoms with Gasteiger partial charge in [0, 0.05) is 5.69 Å². The summed E-state index contributed by atoms with van der Waals surface area (Å²) in [6.07, 6.45) is -4.42. The summed E-state index contributed by atoms with van der Waals surface area (Å²) >= 11 is 12.6. The molecule has 30 heavy (non-hydrogen) atoms. The first kappa shape index (κ1) is 20.2. The fourth-order valence-electron chi connectivity index (χ4n) is 2.97. The molecule has 2 aromatic heterocycles. The molecule has 0 unspecified atom stereocenters. The van der Waals surface area contributed by atoms with Gasteiger partial charge < -0.3 is 11.1 Å². The smallest absolute Gasteiger partial charge is 0.369 e.